The van der Waals surface area contributed by atoms with Gasteiger partial charge in [-0.15, -0.1) is 0 Å². The second-order valence-electron chi connectivity index (χ2n) is 7.12. The lowest BCUT2D eigenvalue weighted by atomic mass is 10.1. The van der Waals surface area contributed by atoms with Gasteiger partial charge in [0.2, 0.25) is 0 Å². The first-order valence-electron chi connectivity index (χ1n) is 9.91. The summed E-state index contributed by atoms with van der Waals surface area (Å²) in [7, 11) is -2.44. The Bertz CT molecular complexity index is 1230. The van der Waals surface area contributed by atoms with E-state index in [4.69, 9.17) is 8.92 Å². The van der Waals surface area contributed by atoms with Gasteiger partial charge in [-0.3, -0.25) is 8.98 Å². The average molecular weight is 537 g/mol. The molecule has 0 aliphatic carbocycles. The molecule has 3 rings (SSSR count). The first-order chi connectivity index (χ1) is 15.7. The van der Waals surface area contributed by atoms with Crippen molar-refractivity contribution in [2.75, 3.05) is 13.7 Å². The van der Waals surface area contributed by atoms with Crippen LogP contribution in [0, 0.1) is 12.7 Å². The summed E-state index contributed by atoms with van der Waals surface area (Å²) in [4.78, 5) is 16.7. The van der Waals surface area contributed by atoms with Gasteiger partial charge in [0.15, 0.2) is 5.82 Å². The van der Waals surface area contributed by atoms with Gasteiger partial charge >= 0.3 is 0 Å². The van der Waals surface area contributed by atoms with Crippen LogP contribution < -0.4 is 10.1 Å². The molecular weight excluding hydrogens is 515 g/mol. The zero-order valence-electron chi connectivity index (χ0n) is 18.0. The molecule has 1 amide bonds. The van der Waals surface area contributed by atoms with E-state index in [1.807, 2.05) is 6.92 Å². The van der Waals surface area contributed by atoms with Crippen LogP contribution in [-0.2, 0) is 27.3 Å². The fourth-order valence-electron chi connectivity index (χ4n) is 3.02. The Hall–Kier alpha value is -2.82. The molecule has 2 aromatic carbocycles. The quantitative estimate of drug-likeness (QED) is 0.325. The zero-order chi connectivity index (χ0) is 24.0. The van der Waals surface area contributed by atoms with Crippen LogP contribution in [0.25, 0.3) is 0 Å². The summed E-state index contributed by atoms with van der Waals surface area (Å²) in [6.07, 6.45) is 0.876. The van der Waals surface area contributed by atoms with Gasteiger partial charge in [0, 0.05) is 18.5 Å². The van der Waals surface area contributed by atoms with E-state index in [1.54, 1.807) is 43.5 Å². The molecule has 10 heteroatoms. The molecular formula is C23H22BrFN2O5S. The number of carbonyl (C=O) groups excluding carboxylic acids is 1. The summed E-state index contributed by atoms with van der Waals surface area (Å²) in [5.74, 6) is -0.790. The van der Waals surface area contributed by atoms with Crippen LogP contribution in [0.5, 0.6) is 5.75 Å². The van der Waals surface area contributed by atoms with Crippen LogP contribution in [0.4, 0.5) is 4.39 Å². The van der Waals surface area contributed by atoms with E-state index in [0.717, 1.165) is 17.3 Å². The highest BCUT2D eigenvalue weighted by Gasteiger charge is 2.22. The molecule has 1 aromatic heterocycles. The molecule has 1 heterocycles. The number of pyridine rings is 1. The third-order valence-corrected chi connectivity index (χ3v) is 6.83. The lowest BCUT2D eigenvalue weighted by Crippen LogP contribution is -2.26. The van der Waals surface area contributed by atoms with Gasteiger partial charge in [-0.05, 0) is 52.7 Å². The number of hydrogen-bond acceptors (Lipinski definition) is 6. The maximum Gasteiger partial charge on any atom is 0.296 e. The van der Waals surface area contributed by atoms with Gasteiger partial charge in [-0.2, -0.15) is 8.42 Å². The number of methoxy groups -OCH3 is 1. The second kappa shape index (κ2) is 10.9. The van der Waals surface area contributed by atoms with Crippen LogP contribution in [0.3, 0.4) is 0 Å². The fraction of sp³-hybridized carbons (Fsp3) is 0.217. The maximum atomic E-state index is 14.5. The summed E-state index contributed by atoms with van der Waals surface area (Å²) in [5, 5.41) is 2.67. The molecule has 0 spiro atoms. The highest BCUT2D eigenvalue weighted by atomic mass is 79.9. The van der Waals surface area contributed by atoms with Crippen LogP contribution in [0.15, 0.2) is 64.2 Å². The number of hydrogen-bond donors (Lipinski definition) is 1. The number of nitrogens with zero attached hydrogens (tertiary/aromatic N) is 1. The molecule has 0 radical (unpaired) electrons. The number of aryl methyl sites for hydroxylation is 1. The molecule has 3 aromatic rings. The summed E-state index contributed by atoms with van der Waals surface area (Å²) in [6, 6.07) is 13.3. The van der Waals surface area contributed by atoms with E-state index < -0.39 is 21.8 Å². The van der Waals surface area contributed by atoms with Crippen LogP contribution in [0.1, 0.15) is 27.0 Å². The topological polar surface area (TPSA) is 94.6 Å². The Morgan fingerprint density at radius 2 is 1.79 bits per heavy atom. The highest BCUT2D eigenvalue weighted by Crippen LogP contribution is 2.23. The number of rotatable bonds is 9. The number of carbonyl (C=O) groups is 1. The minimum atomic E-state index is -4.00. The van der Waals surface area contributed by atoms with Crippen LogP contribution in [0.2, 0.25) is 0 Å². The number of ether oxygens (including phenoxy) is 1. The maximum absolute atomic E-state index is 14.5. The van der Waals surface area contributed by atoms with Gasteiger partial charge < -0.3 is 10.1 Å². The lowest BCUT2D eigenvalue weighted by Gasteiger charge is -2.13. The average Bonchev–Trinajstić information content (AvgIpc) is 2.80. The molecule has 174 valence electrons. The van der Waals surface area contributed by atoms with Crippen molar-refractivity contribution in [2.45, 2.75) is 24.8 Å². The van der Waals surface area contributed by atoms with Gasteiger partial charge in [-0.1, -0.05) is 29.8 Å². The molecule has 7 nitrogen and oxygen atoms in total. The summed E-state index contributed by atoms with van der Waals surface area (Å²) < 4.78 is 49.8. The standard InChI is InChI=1S/C23H22BrFN2O5S/c1-15-3-9-18(10-4-15)33(29,30)32-12-11-19-21(20(25)14-26-22(19)24)23(28)27-13-16-5-7-17(31-2)8-6-16/h3-10,14H,11-13H2,1-2H3,(H,27,28). The minimum absolute atomic E-state index is 0.0157. The largest absolute Gasteiger partial charge is 0.497 e. The van der Waals surface area contributed by atoms with Gasteiger partial charge in [0.1, 0.15) is 10.4 Å². The third kappa shape index (κ3) is 6.37. The van der Waals surface area contributed by atoms with Crippen molar-refractivity contribution < 1.29 is 26.5 Å². The van der Waals surface area contributed by atoms with E-state index in [-0.39, 0.29) is 40.2 Å². The summed E-state index contributed by atoms with van der Waals surface area (Å²) in [5.41, 5.74) is 1.70. The molecule has 0 atom stereocenters. The van der Waals surface area contributed by atoms with Crippen molar-refractivity contribution in [1.29, 1.82) is 0 Å². The number of benzene rings is 2. The Labute approximate surface area is 200 Å². The Balaban J connectivity index is 1.71. The minimum Gasteiger partial charge on any atom is -0.497 e. The summed E-state index contributed by atoms with van der Waals surface area (Å²) in [6.45, 7) is 1.71. The lowest BCUT2D eigenvalue weighted by molar-refractivity contribution is 0.0945. The van der Waals surface area contributed by atoms with E-state index in [1.165, 1.54) is 12.1 Å². The molecule has 0 fully saturated rings. The highest BCUT2D eigenvalue weighted by molar-refractivity contribution is 9.10. The number of aromatic nitrogens is 1. The van der Waals surface area contributed by atoms with E-state index in [9.17, 15) is 17.6 Å². The van der Waals surface area contributed by atoms with E-state index in [0.29, 0.717) is 5.75 Å². The Morgan fingerprint density at radius 3 is 2.42 bits per heavy atom. The molecule has 1 N–H and O–H groups in total. The van der Waals surface area contributed by atoms with Crippen molar-refractivity contribution in [3.63, 3.8) is 0 Å². The first-order valence-corrected chi connectivity index (χ1v) is 12.1. The van der Waals surface area contributed by atoms with E-state index in [2.05, 4.69) is 26.2 Å². The molecule has 0 aliphatic heterocycles. The molecule has 0 bridgehead atoms. The number of amides is 1. The van der Waals surface area contributed by atoms with Crippen LogP contribution in [-0.4, -0.2) is 33.0 Å². The first kappa shape index (κ1) is 24.8. The molecule has 0 saturated heterocycles. The zero-order valence-corrected chi connectivity index (χ0v) is 20.4. The number of halogens is 2. The molecule has 0 aliphatic rings. The van der Waals surface area contributed by atoms with Crippen molar-refractivity contribution in [2.24, 2.45) is 0 Å². The normalized spacial score (nSPS) is 11.3. The molecule has 0 saturated carbocycles. The third-order valence-electron chi connectivity index (χ3n) is 4.82. The van der Waals surface area contributed by atoms with Gasteiger partial charge in [0.05, 0.1) is 30.4 Å². The Morgan fingerprint density at radius 1 is 1.12 bits per heavy atom. The fourth-order valence-corrected chi connectivity index (χ4v) is 4.42. The Kier molecular flexibility index (Phi) is 8.17. The van der Waals surface area contributed by atoms with Crippen molar-refractivity contribution in [1.82, 2.24) is 10.3 Å². The van der Waals surface area contributed by atoms with Crippen molar-refractivity contribution in [3.8, 4) is 5.75 Å². The van der Waals surface area contributed by atoms with Gasteiger partial charge in [0.25, 0.3) is 16.0 Å². The van der Waals surface area contributed by atoms with Crippen molar-refractivity contribution >= 4 is 32.0 Å². The van der Waals surface area contributed by atoms with Crippen molar-refractivity contribution in [3.05, 3.63) is 87.4 Å². The van der Waals surface area contributed by atoms with E-state index >= 15 is 0 Å². The summed E-state index contributed by atoms with van der Waals surface area (Å²) >= 11 is 3.22. The predicted octanol–water partition coefficient (Wildman–Crippen LogP) is 4.18. The van der Waals surface area contributed by atoms with Crippen LogP contribution >= 0.6 is 15.9 Å². The smallest absolute Gasteiger partial charge is 0.296 e. The monoisotopic (exact) mass is 536 g/mol. The predicted molar refractivity (Wildman–Crippen MR) is 124 cm³/mol. The molecule has 0 unspecified atom stereocenters. The second-order valence-corrected chi connectivity index (χ2v) is 9.49. The number of nitrogens with one attached hydrogen (secondary N) is 1. The SMILES string of the molecule is COc1ccc(CNC(=O)c2c(F)cnc(Br)c2CCOS(=O)(=O)c2ccc(C)cc2)cc1. The molecule has 33 heavy (non-hydrogen) atoms. The van der Waals surface area contributed by atoms with Gasteiger partial charge in [-0.25, -0.2) is 9.37 Å².